The van der Waals surface area contributed by atoms with Crippen LogP contribution in [0, 0.1) is 12.7 Å². The van der Waals surface area contributed by atoms with Crippen LogP contribution < -0.4 is 9.47 Å². The van der Waals surface area contributed by atoms with Crippen LogP contribution in [-0.2, 0) is 12.1 Å². The maximum Gasteiger partial charge on any atom is 0.161 e. The van der Waals surface area contributed by atoms with Gasteiger partial charge in [-0.15, -0.1) is 0 Å². The van der Waals surface area contributed by atoms with Gasteiger partial charge in [0.2, 0.25) is 0 Å². The molecule has 4 rings (SSSR count). The third-order valence-electron chi connectivity index (χ3n) is 6.57. The Labute approximate surface area is 172 Å². The highest BCUT2D eigenvalue weighted by molar-refractivity contribution is 5.47. The highest BCUT2D eigenvalue weighted by Crippen LogP contribution is 2.46. The standard InChI is InChI=1S/C24H30FNO3/c1-4-29-23-12-17(16(2)11-22(23)28-3)15-26-20-9-10-21(26)14-24(27,13-20)18-5-7-19(25)8-6-18/h5-8,11-12,20-21,27H,4,9-10,13-15H2,1-3H3/t20-,21-/m1/s1. The van der Waals surface area contributed by atoms with E-state index in [2.05, 4.69) is 17.9 Å². The molecule has 1 N–H and O–H groups in total. The van der Waals surface area contributed by atoms with Crippen LogP contribution in [0.2, 0.25) is 0 Å². The smallest absolute Gasteiger partial charge is 0.161 e. The van der Waals surface area contributed by atoms with Gasteiger partial charge in [0.1, 0.15) is 5.82 Å². The molecule has 0 radical (unpaired) electrons. The van der Waals surface area contributed by atoms with Gasteiger partial charge in [0.05, 0.1) is 19.3 Å². The average Bonchev–Trinajstić information content (AvgIpc) is 2.94. The van der Waals surface area contributed by atoms with E-state index in [1.807, 2.05) is 13.0 Å². The number of rotatable bonds is 6. The molecule has 2 saturated heterocycles. The normalized spacial score (nSPS) is 26.5. The zero-order valence-corrected chi connectivity index (χ0v) is 17.5. The maximum absolute atomic E-state index is 13.3. The number of aliphatic hydroxyl groups is 1. The molecular formula is C24H30FNO3. The highest BCUT2D eigenvalue weighted by atomic mass is 19.1. The summed E-state index contributed by atoms with van der Waals surface area (Å²) in [6, 6.07) is 11.1. The lowest BCUT2D eigenvalue weighted by Gasteiger charge is -2.44. The summed E-state index contributed by atoms with van der Waals surface area (Å²) in [7, 11) is 1.66. The SMILES string of the molecule is CCOc1cc(CN2[C@@H]3CC[C@@H]2CC(O)(c2ccc(F)cc2)C3)c(C)cc1OC. The summed E-state index contributed by atoms with van der Waals surface area (Å²) < 4.78 is 24.6. The average molecular weight is 400 g/mol. The number of nitrogens with zero attached hydrogens (tertiary/aromatic N) is 1. The Morgan fingerprint density at radius 3 is 2.34 bits per heavy atom. The molecule has 2 aliphatic heterocycles. The fourth-order valence-corrected chi connectivity index (χ4v) is 5.07. The number of hydrogen-bond acceptors (Lipinski definition) is 4. The largest absolute Gasteiger partial charge is 0.493 e. The van der Waals surface area contributed by atoms with Gasteiger partial charge in [-0.25, -0.2) is 4.39 Å². The number of fused-ring (bicyclic) bond motifs is 2. The van der Waals surface area contributed by atoms with Crippen LogP contribution in [-0.4, -0.2) is 35.8 Å². The van der Waals surface area contributed by atoms with Crippen molar-refractivity contribution in [2.45, 2.75) is 63.8 Å². The number of aryl methyl sites for hydroxylation is 1. The first kappa shape index (κ1) is 20.2. The van der Waals surface area contributed by atoms with Crippen LogP contribution >= 0.6 is 0 Å². The Morgan fingerprint density at radius 2 is 1.76 bits per heavy atom. The van der Waals surface area contributed by atoms with E-state index in [0.717, 1.165) is 36.4 Å². The minimum absolute atomic E-state index is 0.266. The molecular weight excluding hydrogens is 369 g/mol. The monoisotopic (exact) mass is 399 g/mol. The molecule has 156 valence electrons. The molecule has 0 aliphatic carbocycles. The highest BCUT2D eigenvalue weighted by Gasteiger charge is 2.48. The van der Waals surface area contributed by atoms with Gasteiger partial charge in [0.25, 0.3) is 0 Å². The first-order valence-corrected chi connectivity index (χ1v) is 10.5. The third kappa shape index (κ3) is 3.86. The van der Waals surface area contributed by atoms with Crippen molar-refractivity contribution in [3.63, 3.8) is 0 Å². The molecule has 0 saturated carbocycles. The van der Waals surface area contributed by atoms with Gasteiger partial charge in [-0.2, -0.15) is 0 Å². The number of halogens is 1. The van der Waals surface area contributed by atoms with E-state index in [1.165, 1.54) is 23.3 Å². The van der Waals surface area contributed by atoms with Crippen molar-refractivity contribution in [2.75, 3.05) is 13.7 Å². The predicted molar refractivity (Wildman–Crippen MR) is 111 cm³/mol. The Morgan fingerprint density at radius 1 is 1.10 bits per heavy atom. The van der Waals surface area contributed by atoms with Crippen LogP contribution in [0.1, 0.15) is 49.3 Å². The van der Waals surface area contributed by atoms with Crippen LogP contribution in [0.5, 0.6) is 11.5 Å². The van der Waals surface area contributed by atoms with Gasteiger partial charge in [-0.3, -0.25) is 4.90 Å². The van der Waals surface area contributed by atoms with E-state index in [0.29, 0.717) is 31.5 Å². The molecule has 5 heteroatoms. The summed E-state index contributed by atoms with van der Waals surface area (Å²) in [5, 5.41) is 11.3. The Kier molecular flexibility index (Phi) is 5.54. The quantitative estimate of drug-likeness (QED) is 0.773. The summed E-state index contributed by atoms with van der Waals surface area (Å²) in [6.07, 6.45) is 3.54. The first-order valence-electron chi connectivity index (χ1n) is 10.5. The van der Waals surface area contributed by atoms with Crippen molar-refractivity contribution in [2.24, 2.45) is 0 Å². The summed E-state index contributed by atoms with van der Waals surface area (Å²) in [5.74, 6) is 1.28. The third-order valence-corrected chi connectivity index (χ3v) is 6.57. The lowest BCUT2D eigenvalue weighted by atomic mass is 9.80. The lowest BCUT2D eigenvalue weighted by molar-refractivity contribution is -0.0595. The molecule has 29 heavy (non-hydrogen) atoms. The number of benzene rings is 2. The topological polar surface area (TPSA) is 41.9 Å². The van der Waals surface area contributed by atoms with Crippen LogP contribution in [0.25, 0.3) is 0 Å². The second-order valence-electron chi connectivity index (χ2n) is 8.37. The molecule has 2 aromatic rings. The fourth-order valence-electron chi connectivity index (χ4n) is 5.07. The molecule has 2 heterocycles. The van der Waals surface area contributed by atoms with Crippen molar-refractivity contribution in [3.8, 4) is 11.5 Å². The molecule has 0 aromatic heterocycles. The second kappa shape index (κ2) is 7.96. The number of ether oxygens (including phenoxy) is 2. The van der Waals surface area contributed by atoms with E-state index in [1.54, 1.807) is 19.2 Å². The van der Waals surface area contributed by atoms with E-state index >= 15 is 0 Å². The summed E-state index contributed by atoms with van der Waals surface area (Å²) in [6.45, 7) is 5.51. The Bertz CT molecular complexity index is 853. The van der Waals surface area contributed by atoms with Crippen molar-refractivity contribution in [1.29, 1.82) is 0 Å². The van der Waals surface area contributed by atoms with E-state index in [4.69, 9.17) is 9.47 Å². The molecule has 2 atom stereocenters. The molecule has 0 amide bonds. The van der Waals surface area contributed by atoms with Crippen molar-refractivity contribution in [3.05, 3.63) is 58.9 Å². The van der Waals surface area contributed by atoms with Crippen molar-refractivity contribution in [1.82, 2.24) is 4.90 Å². The number of piperidine rings is 1. The molecule has 0 unspecified atom stereocenters. The molecule has 2 aromatic carbocycles. The van der Waals surface area contributed by atoms with Gasteiger partial charge in [-0.1, -0.05) is 12.1 Å². The molecule has 4 nitrogen and oxygen atoms in total. The molecule has 2 aliphatic rings. The van der Waals surface area contributed by atoms with Gasteiger partial charge < -0.3 is 14.6 Å². The van der Waals surface area contributed by atoms with Crippen molar-refractivity contribution < 1.29 is 19.0 Å². The minimum atomic E-state index is -0.874. The molecule has 2 fully saturated rings. The molecule has 2 bridgehead atoms. The zero-order valence-electron chi connectivity index (χ0n) is 17.5. The minimum Gasteiger partial charge on any atom is -0.493 e. The van der Waals surface area contributed by atoms with Crippen LogP contribution in [0.4, 0.5) is 4.39 Å². The van der Waals surface area contributed by atoms with Gasteiger partial charge in [0, 0.05) is 18.6 Å². The van der Waals surface area contributed by atoms with E-state index in [9.17, 15) is 9.50 Å². The molecule has 0 spiro atoms. The van der Waals surface area contributed by atoms with Gasteiger partial charge >= 0.3 is 0 Å². The van der Waals surface area contributed by atoms with Crippen LogP contribution in [0.3, 0.4) is 0 Å². The van der Waals surface area contributed by atoms with Crippen LogP contribution in [0.15, 0.2) is 36.4 Å². The number of hydrogen-bond donors (Lipinski definition) is 1. The fraction of sp³-hybridized carbons (Fsp3) is 0.500. The van der Waals surface area contributed by atoms with E-state index < -0.39 is 5.60 Å². The summed E-state index contributed by atoms with van der Waals surface area (Å²) >= 11 is 0. The maximum atomic E-state index is 13.3. The summed E-state index contributed by atoms with van der Waals surface area (Å²) in [5.41, 5.74) is 2.37. The van der Waals surface area contributed by atoms with Gasteiger partial charge in [-0.05, 0) is 80.5 Å². The summed E-state index contributed by atoms with van der Waals surface area (Å²) in [4.78, 5) is 2.53. The van der Waals surface area contributed by atoms with E-state index in [-0.39, 0.29) is 5.82 Å². The second-order valence-corrected chi connectivity index (χ2v) is 8.37. The zero-order chi connectivity index (χ0) is 20.6. The first-order chi connectivity index (χ1) is 13.9. The van der Waals surface area contributed by atoms with Gasteiger partial charge in [0.15, 0.2) is 11.5 Å². The predicted octanol–water partition coefficient (Wildman–Crippen LogP) is 4.56. The Hall–Kier alpha value is -2.11. The Balaban J connectivity index is 1.55. The lowest BCUT2D eigenvalue weighted by Crippen LogP contribution is -2.49. The number of methoxy groups -OCH3 is 1. The van der Waals surface area contributed by atoms with Crippen molar-refractivity contribution >= 4 is 0 Å².